The third-order valence-corrected chi connectivity index (χ3v) is 4.20. The molecule has 0 aliphatic heterocycles. The number of halogens is 1. The van der Waals surface area contributed by atoms with Crippen molar-refractivity contribution in [3.8, 4) is 11.1 Å². The SMILES string of the molecule is CCNC(=O)Nc1cc2c(-c3ccncc3)ccc(CCC(N)=O)c2cn1.Cl. The van der Waals surface area contributed by atoms with Crippen LogP contribution in [0.25, 0.3) is 21.9 Å². The van der Waals surface area contributed by atoms with Crippen LogP contribution in [0.5, 0.6) is 0 Å². The standard InChI is InChI=1S/C20H21N5O2.ClH/c1-2-23-20(27)25-19-11-16-15(14-7-9-22-10-8-14)5-3-13(4-6-18(21)26)17(16)12-24-19;/h3,5,7-12H,2,4,6H2,1H3,(H2,21,26)(H2,23,24,25,27);1H. The monoisotopic (exact) mass is 399 g/mol. The molecule has 7 nitrogen and oxygen atoms in total. The first kappa shape index (κ1) is 21.1. The van der Waals surface area contributed by atoms with Crippen LogP contribution in [0.15, 0.2) is 48.9 Å². The van der Waals surface area contributed by atoms with E-state index in [2.05, 4.69) is 20.6 Å². The van der Waals surface area contributed by atoms with Crippen LogP contribution < -0.4 is 16.4 Å². The minimum absolute atomic E-state index is 0. The molecule has 3 amide bonds. The molecule has 1 aromatic carbocycles. The molecule has 8 heteroatoms. The molecule has 0 radical (unpaired) electrons. The van der Waals surface area contributed by atoms with Crippen molar-refractivity contribution in [2.75, 3.05) is 11.9 Å². The van der Waals surface area contributed by atoms with E-state index in [0.29, 0.717) is 18.8 Å². The second-order valence-corrected chi connectivity index (χ2v) is 6.07. The van der Waals surface area contributed by atoms with Crippen LogP contribution in [0.3, 0.4) is 0 Å². The summed E-state index contributed by atoms with van der Waals surface area (Å²) in [7, 11) is 0. The Morgan fingerprint density at radius 1 is 1.11 bits per heavy atom. The van der Waals surface area contributed by atoms with Crippen molar-refractivity contribution in [3.05, 3.63) is 54.5 Å². The van der Waals surface area contributed by atoms with Crippen molar-refractivity contribution in [1.82, 2.24) is 15.3 Å². The summed E-state index contributed by atoms with van der Waals surface area (Å²) in [6.07, 6.45) is 5.99. The van der Waals surface area contributed by atoms with E-state index in [1.807, 2.05) is 37.3 Å². The topological polar surface area (TPSA) is 110 Å². The lowest BCUT2D eigenvalue weighted by Gasteiger charge is -2.13. The smallest absolute Gasteiger partial charge is 0.320 e. The molecule has 0 aliphatic carbocycles. The minimum atomic E-state index is -0.344. The molecular formula is C20H22ClN5O2. The summed E-state index contributed by atoms with van der Waals surface area (Å²) in [5.41, 5.74) is 8.28. The van der Waals surface area contributed by atoms with E-state index < -0.39 is 0 Å². The number of carbonyl (C=O) groups excluding carboxylic acids is 2. The summed E-state index contributed by atoms with van der Waals surface area (Å²) in [6, 6.07) is 9.38. The van der Waals surface area contributed by atoms with Gasteiger partial charge in [-0.15, -0.1) is 12.4 Å². The number of aryl methyl sites for hydroxylation is 1. The van der Waals surface area contributed by atoms with Crippen molar-refractivity contribution in [3.63, 3.8) is 0 Å². The van der Waals surface area contributed by atoms with E-state index >= 15 is 0 Å². The summed E-state index contributed by atoms with van der Waals surface area (Å²) >= 11 is 0. The van der Waals surface area contributed by atoms with E-state index in [-0.39, 0.29) is 30.8 Å². The second kappa shape index (κ2) is 9.66. The number of primary amides is 1. The van der Waals surface area contributed by atoms with Gasteiger partial charge in [-0.25, -0.2) is 9.78 Å². The van der Waals surface area contributed by atoms with Gasteiger partial charge in [0.15, 0.2) is 0 Å². The highest BCUT2D eigenvalue weighted by molar-refractivity contribution is 6.01. The number of fused-ring (bicyclic) bond motifs is 1. The molecule has 28 heavy (non-hydrogen) atoms. The van der Waals surface area contributed by atoms with E-state index in [9.17, 15) is 9.59 Å². The number of amides is 3. The third kappa shape index (κ3) is 4.95. The summed E-state index contributed by atoms with van der Waals surface area (Å²) in [5.74, 6) is 0.111. The molecule has 0 saturated heterocycles. The lowest BCUT2D eigenvalue weighted by molar-refractivity contribution is -0.117. The van der Waals surface area contributed by atoms with Gasteiger partial charge in [-0.3, -0.25) is 15.1 Å². The van der Waals surface area contributed by atoms with Gasteiger partial charge < -0.3 is 11.1 Å². The quantitative estimate of drug-likeness (QED) is 0.590. The predicted octanol–water partition coefficient (Wildman–Crippen LogP) is 3.28. The molecule has 0 fully saturated rings. The van der Waals surface area contributed by atoms with Gasteiger partial charge in [-0.2, -0.15) is 0 Å². The normalized spacial score (nSPS) is 10.2. The largest absolute Gasteiger partial charge is 0.370 e. The van der Waals surface area contributed by atoms with Crippen LogP contribution in [0.4, 0.5) is 10.6 Å². The maximum atomic E-state index is 11.8. The highest BCUT2D eigenvalue weighted by Gasteiger charge is 2.11. The molecule has 3 aromatic rings. The zero-order chi connectivity index (χ0) is 19.2. The average Bonchev–Trinajstić information content (AvgIpc) is 2.66. The Kier molecular flexibility index (Phi) is 7.28. The maximum absolute atomic E-state index is 11.8. The number of urea groups is 1. The molecule has 146 valence electrons. The fourth-order valence-electron chi connectivity index (χ4n) is 2.95. The van der Waals surface area contributed by atoms with Crippen LogP contribution in [0.1, 0.15) is 18.9 Å². The first-order valence-corrected chi connectivity index (χ1v) is 8.73. The molecule has 2 aromatic heterocycles. The number of anilines is 1. The lowest BCUT2D eigenvalue weighted by Crippen LogP contribution is -2.28. The number of nitrogens with one attached hydrogen (secondary N) is 2. The zero-order valence-electron chi connectivity index (χ0n) is 15.4. The van der Waals surface area contributed by atoms with Gasteiger partial charge in [-0.05, 0) is 53.6 Å². The van der Waals surface area contributed by atoms with E-state index in [4.69, 9.17) is 5.73 Å². The fraction of sp³-hybridized carbons (Fsp3) is 0.200. The molecule has 0 spiro atoms. The minimum Gasteiger partial charge on any atom is -0.370 e. The Morgan fingerprint density at radius 3 is 2.54 bits per heavy atom. The lowest BCUT2D eigenvalue weighted by atomic mass is 9.95. The Hall–Kier alpha value is -3.19. The first-order chi connectivity index (χ1) is 13.1. The first-order valence-electron chi connectivity index (χ1n) is 8.73. The second-order valence-electron chi connectivity index (χ2n) is 6.07. The highest BCUT2D eigenvalue weighted by Crippen LogP contribution is 2.32. The van der Waals surface area contributed by atoms with Gasteiger partial charge in [-0.1, -0.05) is 12.1 Å². The molecule has 4 N–H and O–H groups in total. The van der Waals surface area contributed by atoms with Gasteiger partial charge in [0.25, 0.3) is 0 Å². The van der Waals surface area contributed by atoms with Crippen molar-refractivity contribution in [2.45, 2.75) is 19.8 Å². The Bertz CT molecular complexity index is 979. The zero-order valence-corrected chi connectivity index (χ0v) is 16.3. The van der Waals surface area contributed by atoms with Gasteiger partial charge >= 0.3 is 6.03 Å². The number of benzene rings is 1. The van der Waals surface area contributed by atoms with E-state index in [1.165, 1.54) is 0 Å². The Morgan fingerprint density at radius 2 is 1.86 bits per heavy atom. The molecule has 0 atom stereocenters. The molecule has 0 unspecified atom stereocenters. The Balaban J connectivity index is 0.00000280. The summed E-state index contributed by atoms with van der Waals surface area (Å²) in [6.45, 7) is 2.37. The van der Waals surface area contributed by atoms with Crippen LogP contribution >= 0.6 is 12.4 Å². The van der Waals surface area contributed by atoms with Crippen molar-refractivity contribution >= 4 is 40.9 Å². The fourth-order valence-corrected chi connectivity index (χ4v) is 2.95. The number of hydrogen-bond acceptors (Lipinski definition) is 4. The molecular weight excluding hydrogens is 378 g/mol. The molecule has 0 bridgehead atoms. The van der Waals surface area contributed by atoms with E-state index in [1.54, 1.807) is 18.6 Å². The van der Waals surface area contributed by atoms with Gasteiger partial charge in [0.05, 0.1) is 0 Å². The number of rotatable bonds is 6. The van der Waals surface area contributed by atoms with Crippen LogP contribution in [-0.4, -0.2) is 28.5 Å². The summed E-state index contributed by atoms with van der Waals surface area (Å²) in [5, 5.41) is 7.28. The number of carbonyl (C=O) groups is 2. The van der Waals surface area contributed by atoms with Gasteiger partial charge in [0.2, 0.25) is 5.91 Å². The van der Waals surface area contributed by atoms with E-state index in [0.717, 1.165) is 27.5 Å². The van der Waals surface area contributed by atoms with Gasteiger partial charge in [0, 0.05) is 36.9 Å². The van der Waals surface area contributed by atoms with Crippen molar-refractivity contribution < 1.29 is 9.59 Å². The summed E-state index contributed by atoms with van der Waals surface area (Å²) in [4.78, 5) is 31.4. The number of aromatic nitrogens is 2. The Labute approximate surface area is 169 Å². The van der Waals surface area contributed by atoms with Crippen LogP contribution in [0.2, 0.25) is 0 Å². The highest BCUT2D eigenvalue weighted by atomic mass is 35.5. The molecule has 0 saturated carbocycles. The summed E-state index contributed by atoms with van der Waals surface area (Å²) < 4.78 is 0. The number of nitrogens with two attached hydrogens (primary N) is 1. The number of nitrogens with zero attached hydrogens (tertiary/aromatic N) is 2. The number of pyridine rings is 2. The average molecular weight is 400 g/mol. The van der Waals surface area contributed by atoms with Crippen LogP contribution in [0, 0.1) is 0 Å². The molecule has 2 heterocycles. The third-order valence-electron chi connectivity index (χ3n) is 4.20. The molecule has 0 aliphatic rings. The van der Waals surface area contributed by atoms with Crippen molar-refractivity contribution in [2.24, 2.45) is 5.73 Å². The molecule has 3 rings (SSSR count). The van der Waals surface area contributed by atoms with Crippen LogP contribution in [-0.2, 0) is 11.2 Å². The van der Waals surface area contributed by atoms with Gasteiger partial charge in [0.1, 0.15) is 5.82 Å². The number of hydrogen-bond donors (Lipinski definition) is 3. The van der Waals surface area contributed by atoms with Crippen molar-refractivity contribution in [1.29, 1.82) is 0 Å². The maximum Gasteiger partial charge on any atom is 0.320 e. The predicted molar refractivity (Wildman–Crippen MR) is 112 cm³/mol.